The van der Waals surface area contributed by atoms with E-state index in [1.807, 2.05) is 31.8 Å². The molecule has 70 valence electrons. The van der Waals surface area contributed by atoms with Crippen molar-refractivity contribution in [1.82, 2.24) is 9.55 Å². The maximum atomic E-state index is 4.25. The highest BCUT2D eigenvalue weighted by molar-refractivity contribution is 5.40. The Morgan fingerprint density at radius 2 is 2.15 bits per heavy atom. The van der Waals surface area contributed by atoms with Crippen molar-refractivity contribution in [3.63, 3.8) is 0 Å². The number of hydrogen-bond donors (Lipinski definition) is 0. The molecule has 0 N–H and O–H groups in total. The number of hydrogen-bond acceptors (Lipinski definition) is 1. The molecular formula is C11H16N2. The molecule has 0 atom stereocenters. The smallest absolute Gasteiger partial charge is 0.0955 e. The van der Waals surface area contributed by atoms with Gasteiger partial charge >= 0.3 is 0 Å². The minimum absolute atomic E-state index is 0.987. The Morgan fingerprint density at radius 3 is 2.92 bits per heavy atom. The lowest BCUT2D eigenvalue weighted by Gasteiger charge is -1.84. The standard InChI is InChI=1S/C9H10N2.C2H6/c1-11-7-10-8-5-3-2-4-6-9(8)11;1-2/h2,4-7H,3H2,1H3;1-2H3. The summed E-state index contributed by atoms with van der Waals surface area (Å²) in [6, 6.07) is 0. The highest BCUT2D eigenvalue weighted by atomic mass is 15.0. The van der Waals surface area contributed by atoms with Gasteiger partial charge in [0, 0.05) is 7.05 Å². The average molecular weight is 176 g/mol. The zero-order valence-electron chi connectivity index (χ0n) is 8.49. The van der Waals surface area contributed by atoms with Gasteiger partial charge in [-0.1, -0.05) is 32.1 Å². The van der Waals surface area contributed by atoms with Crippen LogP contribution in [0.3, 0.4) is 0 Å². The van der Waals surface area contributed by atoms with Crippen LogP contribution in [0.25, 0.3) is 12.2 Å². The van der Waals surface area contributed by atoms with Crippen LogP contribution in [-0.2, 0) is 7.05 Å². The van der Waals surface area contributed by atoms with Crippen molar-refractivity contribution < 1.29 is 0 Å². The quantitative estimate of drug-likeness (QED) is 0.576. The number of rotatable bonds is 0. The normalized spacial score (nSPS) is 12.8. The fourth-order valence-corrected chi connectivity index (χ4v) is 1.24. The van der Waals surface area contributed by atoms with E-state index < -0.39 is 0 Å². The second-order valence-electron chi connectivity index (χ2n) is 2.66. The van der Waals surface area contributed by atoms with E-state index in [-0.39, 0.29) is 0 Å². The largest absolute Gasteiger partial charge is 0.334 e. The van der Waals surface area contributed by atoms with Crippen LogP contribution >= 0.6 is 0 Å². The molecule has 13 heavy (non-hydrogen) atoms. The van der Waals surface area contributed by atoms with E-state index in [4.69, 9.17) is 0 Å². The summed E-state index contributed by atoms with van der Waals surface area (Å²) in [4.78, 5) is 4.25. The van der Waals surface area contributed by atoms with Crippen molar-refractivity contribution in [2.75, 3.05) is 0 Å². The van der Waals surface area contributed by atoms with Crippen LogP contribution in [0.2, 0.25) is 0 Å². The number of aromatic nitrogens is 2. The molecule has 1 heterocycles. The summed E-state index contributed by atoms with van der Waals surface area (Å²) in [5.74, 6) is 0. The van der Waals surface area contributed by atoms with E-state index >= 15 is 0 Å². The fraction of sp³-hybridized carbons (Fsp3) is 0.364. The van der Waals surface area contributed by atoms with E-state index in [1.165, 1.54) is 5.35 Å². The predicted molar refractivity (Wildman–Crippen MR) is 56.5 cm³/mol. The van der Waals surface area contributed by atoms with Gasteiger partial charge in [-0.2, -0.15) is 0 Å². The molecular weight excluding hydrogens is 160 g/mol. The lowest BCUT2D eigenvalue weighted by Crippen LogP contribution is -2.27. The van der Waals surface area contributed by atoms with Crippen molar-refractivity contribution in [1.29, 1.82) is 0 Å². The van der Waals surface area contributed by atoms with E-state index in [1.54, 1.807) is 0 Å². The number of imidazole rings is 1. The third-order valence-corrected chi connectivity index (χ3v) is 1.85. The molecule has 0 unspecified atom stereocenters. The molecule has 0 aliphatic heterocycles. The molecule has 2 heteroatoms. The van der Waals surface area contributed by atoms with Crippen molar-refractivity contribution in [2.24, 2.45) is 7.05 Å². The maximum Gasteiger partial charge on any atom is 0.0955 e. The van der Waals surface area contributed by atoms with Gasteiger partial charge in [0.15, 0.2) is 0 Å². The van der Waals surface area contributed by atoms with Crippen LogP contribution in [0.4, 0.5) is 0 Å². The molecule has 1 aliphatic rings. The molecule has 1 aromatic heterocycles. The van der Waals surface area contributed by atoms with Crippen molar-refractivity contribution in [3.05, 3.63) is 29.2 Å². The van der Waals surface area contributed by atoms with E-state index in [0.29, 0.717) is 0 Å². The topological polar surface area (TPSA) is 17.8 Å². The summed E-state index contributed by atoms with van der Waals surface area (Å²) in [5, 5.41) is 2.29. The van der Waals surface area contributed by atoms with E-state index in [0.717, 1.165) is 11.8 Å². The Morgan fingerprint density at radius 1 is 1.38 bits per heavy atom. The van der Waals surface area contributed by atoms with Gasteiger partial charge in [-0.25, -0.2) is 4.98 Å². The zero-order chi connectivity index (χ0) is 9.68. The minimum atomic E-state index is 0.987. The van der Waals surface area contributed by atoms with Crippen LogP contribution in [0.1, 0.15) is 20.3 Å². The molecule has 0 saturated carbocycles. The summed E-state index contributed by atoms with van der Waals surface area (Å²) >= 11 is 0. The van der Waals surface area contributed by atoms with Crippen molar-refractivity contribution in [3.8, 4) is 0 Å². The third kappa shape index (κ3) is 2.08. The predicted octanol–water partition coefficient (Wildman–Crippen LogP) is 0.967. The lowest BCUT2D eigenvalue weighted by atomic mass is 10.4. The van der Waals surface area contributed by atoms with E-state index in [9.17, 15) is 0 Å². The number of aryl methyl sites for hydroxylation is 1. The first-order valence-electron chi connectivity index (χ1n) is 4.72. The monoisotopic (exact) mass is 176 g/mol. The Kier molecular flexibility index (Phi) is 3.50. The summed E-state index contributed by atoms with van der Waals surface area (Å²) in [7, 11) is 2.01. The molecule has 1 aromatic rings. The van der Waals surface area contributed by atoms with Crippen molar-refractivity contribution >= 4 is 12.2 Å². The SMILES string of the molecule is CC.Cn1cnc2c1=CC=CCC=2. The van der Waals surface area contributed by atoms with E-state index in [2.05, 4.69) is 29.3 Å². The second-order valence-corrected chi connectivity index (χ2v) is 2.66. The maximum absolute atomic E-state index is 4.25. The molecule has 2 nitrogen and oxygen atoms in total. The van der Waals surface area contributed by atoms with Gasteiger partial charge in [0.2, 0.25) is 0 Å². The van der Waals surface area contributed by atoms with Gasteiger partial charge < -0.3 is 4.57 Å². The zero-order valence-corrected chi connectivity index (χ0v) is 8.49. The first-order valence-corrected chi connectivity index (χ1v) is 4.72. The van der Waals surface area contributed by atoms with Crippen LogP contribution in [0, 0.1) is 0 Å². The molecule has 0 amide bonds. The molecule has 0 aromatic carbocycles. The number of fused-ring (bicyclic) bond motifs is 1. The highest BCUT2D eigenvalue weighted by Gasteiger charge is 1.92. The summed E-state index contributed by atoms with van der Waals surface area (Å²) in [5.41, 5.74) is 0. The molecule has 2 rings (SSSR count). The van der Waals surface area contributed by atoms with Crippen LogP contribution in [-0.4, -0.2) is 9.55 Å². The highest BCUT2D eigenvalue weighted by Crippen LogP contribution is 1.86. The molecule has 0 bridgehead atoms. The molecule has 0 fully saturated rings. The van der Waals surface area contributed by atoms with Gasteiger partial charge in [-0.3, -0.25) is 0 Å². The molecule has 0 radical (unpaired) electrons. The number of nitrogens with zero attached hydrogens (tertiary/aromatic N) is 2. The Balaban J connectivity index is 0.000000396. The Labute approximate surface area is 78.9 Å². The Bertz CT molecular complexity index is 396. The van der Waals surface area contributed by atoms with Crippen LogP contribution in [0.5, 0.6) is 0 Å². The first kappa shape index (κ1) is 9.78. The summed E-state index contributed by atoms with van der Waals surface area (Å²) < 4.78 is 2.03. The van der Waals surface area contributed by atoms with Gasteiger partial charge in [0.1, 0.15) is 0 Å². The first-order chi connectivity index (χ1) is 6.38. The average Bonchev–Trinajstić information content (AvgIpc) is 2.44. The third-order valence-electron chi connectivity index (χ3n) is 1.85. The van der Waals surface area contributed by atoms with Crippen molar-refractivity contribution in [2.45, 2.75) is 20.3 Å². The molecule has 1 aliphatic carbocycles. The molecule has 0 saturated heterocycles. The lowest BCUT2D eigenvalue weighted by molar-refractivity contribution is 0.881. The Hall–Kier alpha value is -1.31. The number of allylic oxidation sites excluding steroid dienone is 2. The van der Waals surface area contributed by atoms with Gasteiger partial charge in [-0.05, 0) is 12.5 Å². The summed E-state index contributed by atoms with van der Waals surface area (Å²) in [6.07, 6.45) is 11.3. The van der Waals surface area contributed by atoms with Gasteiger partial charge in [-0.15, -0.1) is 0 Å². The fourth-order valence-electron chi connectivity index (χ4n) is 1.24. The van der Waals surface area contributed by atoms with Crippen LogP contribution < -0.4 is 10.7 Å². The van der Waals surface area contributed by atoms with Crippen LogP contribution in [0.15, 0.2) is 18.5 Å². The van der Waals surface area contributed by atoms with Gasteiger partial charge in [0.05, 0.1) is 17.0 Å². The van der Waals surface area contributed by atoms with Gasteiger partial charge in [0.25, 0.3) is 0 Å². The second kappa shape index (κ2) is 4.65. The molecule has 0 spiro atoms. The summed E-state index contributed by atoms with van der Waals surface area (Å²) in [6.45, 7) is 4.00. The minimum Gasteiger partial charge on any atom is -0.334 e.